The van der Waals surface area contributed by atoms with E-state index in [0.29, 0.717) is 12.6 Å². The van der Waals surface area contributed by atoms with Crippen LogP contribution in [0.5, 0.6) is 0 Å². The lowest BCUT2D eigenvalue weighted by Gasteiger charge is -2.32. The lowest BCUT2D eigenvalue weighted by Crippen LogP contribution is -2.44. The van der Waals surface area contributed by atoms with Gasteiger partial charge in [-0.25, -0.2) is 0 Å². The molecule has 0 aromatic heterocycles. The SMILES string of the molecule is CCC(N)C(c1cccc(Br)c1)N(C)CC(=O)NC1CC1. The number of benzene rings is 1. The second-order valence-electron chi connectivity index (χ2n) is 5.83. The Morgan fingerprint density at radius 1 is 1.52 bits per heavy atom. The van der Waals surface area contributed by atoms with E-state index in [0.717, 1.165) is 29.3 Å². The second kappa shape index (κ2) is 7.38. The first-order valence-corrected chi connectivity index (χ1v) is 8.31. The molecule has 2 atom stereocenters. The summed E-state index contributed by atoms with van der Waals surface area (Å²) in [5.41, 5.74) is 7.44. The molecule has 1 aliphatic rings. The number of nitrogens with zero attached hydrogens (tertiary/aromatic N) is 1. The summed E-state index contributed by atoms with van der Waals surface area (Å²) in [5, 5.41) is 3.03. The van der Waals surface area contributed by atoms with E-state index in [1.165, 1.54) is 0 Å². The first-order chi connectivity index (χ1) is 10.0. The summed E-state index contributed by atoms with van der Waals surface area (Å²) in [6.45, 7) is 2.45. The first-order valence-electron chi connectivity index (χ1n) is 7.52. The minimum Gasteiger partial charge on any atom is -0.352 e. The summed E-state index contributed by atoms with van der Waals surface area (Å²) in [6, 6.07) is 8.59. The molecule has 0 heterocycles. The Labute approximate surface area is 135 Å². The van der Waals surface area contributed by atoms with E-state index in [9.17, 15) is 4.79 Å². The van der Waals surface area contributed by atoms with E-state index in [1.807, 2.05) is 24.1 Å². The van der Waals surface area contributed by atoms with Crippen molar-refractivity contribution in [2.24, 2.45) is 5.73 Å². The zero-order valence-electron chi connectivity index (χ0n) is 12.7. The van der Waals surface area contributed by atoms with Crippen LogP contribution in [0.2, 0.25) is 0 Å². The number of likely N-dealkylation sites (N-methyl/N-ethyl adjacent to an activating group) is 1. The highest BCUT2D eigenvalue weighted by Crippen LogP contribution is 2.26. The lowest BCUT2D eigenvalue weighted by atomic mass is 9.96. The molecule has 1 aromatic carbocycles. The number of hydrogen-bond acceptors (Lipinski definition) is 3. The van der Waals surface area contributed by atoms with E-state index >= 15 is 0 Å². The third kappa shape index (κ3) is 4.80. The summed E-state index contributed by atoms with van der Waals surface area (Å²) in [5.74, 6) is 0.0864. The smallest absolute Gasteiger partial charge is 0.234 e. The Morgan fingerprint density at radius 2 is 2.24 bits per heavy atom. The third-order valence-corrected chi connectivity index (χ3v) is 4.37. The van der Waals surface area contributed by atoms with Crippen molar-refractivity contribution in [2.45, 2.75) is 44.3 Å². The summed E-state index contributed by atoms with van der Waals surface area (Å²) >= 11 is 3.50. The van der Waals surface area contributed by atoms with Gasteiger partial charge in [-0.15, -0.1) is 0 Å². The van der Waals surface area contributed by atoms with Crippen molar-refractivity contribution in [2.75, 3.05) is 13.6 Å². The number of nitrogens with two attached hydrogens (primary N) is 1. The molecule has 1 aromatic rings. The monoisotopic (exact) mass is 353 g/mol. The van der Waals surface area contributed by atoms with Crippen molar-refractivity contribution >= 4 is 21.8 Å². The standard InChI is InChI=1S/C16H24BrN3O/c1-3-14(18)16(11-5-4-6-12(17)9-11)20(2)10-15(21)19-13-7-8-13/h4-6,9,13-14,16H,3,7-8,10,18H2,1-2H3,(H,19,21). The zero-order chi connectivity index (χ0) is 15.4. The number of halogens is 1. The minimum absolute atomic E-state index is 0.00183. The summed E-state index contributed by atoms with van der Waals surface area (Å²) in [4.78, 5) is 14.1. The number of carbonyl (C=O) groups is 1. The molecular weight excluding hydrogens is 330 g/mol. The quantitative estimate of drug-likeness (QED) is 0.791. The van der Waals surface area contributed by atoms with E-state index < -0.39 is 0 Å². The highest BCUT2D eigenvalue weighted by molar-refractivity contribution is 9.10. The van der Waals surface area contributed by atoms with Gasteiger partial charge >= 0.3 is 0 Å². The molecule has 21 heavy (non-hydrogen) atoms. The number of hydrogen-bond donors (Lipinski definition) is 2. The van der Waals surface area contributed by atoms with Crippen molar-refractivity contribution in [3.8, 4) is 0 Å². The van der Waals surface area contributed by atoms with Gasteiger partial charge in [-0.05, 0) is 44.0 Å². The van der Waals surface area contributed by atoms with Crippen molar-refractivity contribution in [1.29, 1.82) is 0 Å². The van der Waals surface area contributed by atoms with Crippen LogP contribution in [-0.2, 0) is 4.79 Å². The molecule has 1 saturated carbocycles. The number of amides is 1. The average Bonchev–Trinajstić information content (AvgIpc) is 3.22. The molecule has 1 aliphatic carbocycles. The molecular formula is C16H24BrN3O. The fraction of sp³-hybridized carbons (Fsp3) is 0.562. The molecule has 3 N–H and O–H groups in total. The van der Waals surface area contributed by atoms with Crippen LogP contribution in [0.25, 0.3) is 0 Å². The Kier molecular flexibility index (Phi) is 5.79. The molecule has 1 amide bonds. The van der Waals surface area contributed by atoms with Gasteiger partial charge in [0, 0.05) is 16.6 Å². The third-order valence-electron chi connectivity index (χ3n) is 3.88. The Bertz CT molecular complexity index is 490. The maximum atomic E-state index is 12.0. The van der Waals surface area contributed by atoms with Crippen LogP contribution in [0.15, 0.2) is 28.7 Å². The molecule has 0 saturated heterocycles. The average molecular weight is 354 g/mol. The largest absolute Gasteiger partial charge is 0.352 e. The molecule has 4 nitrogen and oxygen atoms in total. The molecule has 1 fully saturated rings. The normalized spacial score (nSPS) is 17.6. The number of nitrogens with one attached hydrogen (secondary N) is 1. The highest BCUT2D eigenvalue weighted by atomic mass is 79.9. The van der Waals surface area contributed by atoms with Gasteiger partial charge in [-0.1, -0.05) is 35.0 Å². The van der Waals surface area contributed by atoms with Crippen LogP contribution in [0.1, 0.15) is 37.8 Å². The van der Waals surface area contributed by atoms with E-state index in [-0.39, 0.29) is 18.0 Å². The molecule has 0 radical (unpaired) electrons. The van der Waals surface area contributed by atoms with Gasteiger partial charge in [0.2, 0.25) is 5.91 Å². The number of carbonyl (C=O) groups excluding carboxylic acids is 1. The zero-order valence-corrected chi connectivity index (χ0v) is 14.3. The summed E-state index contributed by atoms with van der Waals surface area (Å²) in [7, 11) is 1.97. The first kappa shape index (κ1) is 16.5. The summed E-state index contributed by atoms with van der Waals surface area (Å²) < 4.78 is 1.03. The Morgan fingerprint density at radius 3 is 2.81 bits per heavy atom. The van der Waals surface area contributed by atoms with Crippen LogP contribution in [0, 0.1) is 0 Å². The van der Waals surface area contributed by atoms with Gasteiger partial charge in [-0.2, -0.15) is 0 Å². The molecule has 0 spiro atoms. The predicted octanol–water partition coefficient (Wildman–Crippen LogP) is 2.44. The minimum atomic E-state index is -0.00183. The molecule has 0 aliphatic heterocycles. The van der Waals surface area contributed by atoms with Crippen LogP contribution in [-0.4, -0.2) is 36.5 Å². The fourth-order valence-corrected chi connectivity index (χ4v) is 2.99. The van der Waals surface area contributed by atoms with Crippen molar-refractivity contribution < 1.29 is 4.79 Å². The van der Waals surface area contributed by atoms with Gasteiger partial charge < -0.3 is 11.1 Å². The van der Waals surface area contributed by atoms with Crippen LogP contribution < -0.4 is 11.1 Å². The van der Waals surface area contributed by atoms with E-state index in [2.05, 4.69) is 40.3 Å². The van der Waals surface area contributed by atoms with Gasteiger partial charge in [-0.3, -0.25) is 9.69 Å². The number of rotatable bonds is 7. The van der Waals surface area contributed by atoms with Crippen LogP contribution >= 0.6 is 15.9 Å². The molecule has 0 bridgehead atoms. The summed E-state index contributed by atoms with van der Waals surface area (Å²) in [6.07, 6.45) is 3.09. The lowest BCUT2D eigenvalue weighted by molar-refractivity contribution is -0.122. The van der Waals surface area contributed by atoms with Gasteiger partial charge in [0.1, 0.15) is 0 Å². The molecule has 116 valence electrons. The topological polar surface area (TPSA) is 58.4 Å². The Balaban J connectivity index is 2.08. The maximum Gasteiger partial charge on any atom is 0.234 e. The van der Waals surface area contributed by atoms with Crippen LogP contribution in [0.4, 0.5) is 0 Å². The molecule has 5 heteroatoms. The predicted molar refractivity (Wildman–Crippen MR) is 88.9 cm³/mol. The molecule has 2 unspecified atom stereocenters. The van der Waals surface area contributed by atoms with Crippen molar-refractivity contribution in [1.82, 2.24) is 10.2 Å². The fourth-order valence-electron chi connectivity index (χ4n) is 2.57. The second-order valence-corrected chi connectivity index (χ2v) is 6.74. The van der Waals surface area contributed by atoms with Gasteiger partial charge in [0.05, 0.1) is 12.6 Å². The molecule has 2 rings (SSSR count). The van der Waals surface area contributed by atoms with Gasteiger partial charge in [0.15, 0.2) is 0 Å². The maximum absolute atomic E-state index is 12.0. The Hall–Kier alpha value is -0.910. The van der Waals surface area contributed by atoms with Gasteiger partial charge in [0.25, 0.3) is 0 Å². The highest BCUT2D eigenvalue weighted by Gasteiger charge is 2.27. The van der Waals surface area contributed by atoms with E-state index in [1.54, 1.807) is 0 Å². The van der Waals surface area contributed by atoms with Crippen molar-refractivity contribution in [3.63, 3.8) is 0 Å². The van der Waals surface area contributed by atoms with E-state index in [4.69, 9.17) is 5.73 Å². The van der Waals surface area contributed by atoms with Crippen molar-refractivity contribution in [3.05, 3.63) is 34.3 Å². The van der Waals surface area contributed by atoms with Crippen LogP contribution in [0.3, 0.4) is 0 Å².